The third-order valence-corrected chi connectivity index (χ3v) is 4.45. The van der Waals surface area contributed by atoms with E-state index in [1.165, 1.54) is 11.1 Å². The highest BCUT2D eigenvalue weighted by Gasteiger charge is 2.24. The molecule has 1 unspecified atom stereocenters. The summed E-state index contributed by atoms with van der Waals surface area (Å²) in [6, 6.07) is 8.64. The maximum Gasteiger partial charge on any atom is 0.193 e. The van der Waals surface area contributed by atoms with Crippen molar-refractivity contribution in [3.63, 3.8) is 0 Å². The van der Waals surface area contributed by atoms with Gasteiger partial charge in [0.1, 0.15) is 6.10 Å². The molecule has 1 aromatic carbocycles. The van der Waals surface area contributed by atoms with Crippen molar-refractivity contribution in [3.05, 3.63) is 53.3 Å². The fraction of sp³-hybridized carbons (Fsp3) is 0.474. The van der Waals surface area contributed by atoms with Crippen LogP contribution in [0.25, 0.3) is 0 Å². The number of hydrogen-bond donors (Lipinski definition) is 1. The molecule has 0 saturated carbocycles. The quantitative estimate of drug-likeness (QED) is 0.682. The molecule has 6 nitrogen and oxygen atoms in total. The van der Waals surface area contributed by atoms with Gasteiger partial charge in [-0.25, -0.2) is 0 Å². The molecule has 2 aromatic rings. The first-order valence-electron chi connectivity index (χ1n) is 8.77. The molecule has 3 rings (SSSR count). The van der Waals surface area contributed by atoms with Gasteiger partial charge < -0.3 is 15.0 Å². The molecule has 0 aliphatic carbocycles. The highest BCUT2D eigenvalue weighted by Crippen LogP contribution is 2.21. The Bertz CT molecular complexity index is 724. The number of nitrogens with one attached hydrogen (secondary N) is 1. The number of ether oxygens (including phenoxy) is 1. The van der Waals surface area contributed by atoms with Crippen molar-refractivity contribution in [1.82, 2.24) is 20.0 Å². The van der Waals surface area contributed by atoms with E-state index in [0.717, 1.165) is 37.6 Å². The van der Waals surface area contributed by atoms with E-state index in [-0.39, 0.29) is 6.10 Å². The van der Waals surface area contributed by atoms with Gasteiger partial charge in [-0.05, 0) is 18.9 Å². The zero-order valence-electron chi connectivity index (χ0n) is 15.3. The van der Waals surface area contributed by atoms with Crippen LogP contribution in [0.4, 0.5) is 0 Å². The van der Waals surface area contributed by atoms with Crippen LogP contribution < -0.4 is 5.32 Å². The summed E-state index contributed by atoms with van der Waals surface area (Å²) in [6.07, 6.45) is 4.92. The predicted molar refractivity (Wildman–Crippen MR) is 99.7 cm³/mol. The van der Waals surface area contributed by atoms with Crippen molar-refractivity contribution in [3.8, 4) is 0 Å². The average Bonchev–Trinajstić information content (AvgIpc) is 3.05. The van der Waals surface area contributed by atoms with Gasteiger partial charge in [-0.1, -0.05) is 29.8 Å². The summed E-state index contributed by atoms with van der Waals surface area (Å²) in [5, 5.41) is 7.73. The van der Waals surface area contributed by atoms with Crippen molar-refractivity contribution in [2.24, 2.45) is 12.0 Å². The molecular weight excluding hydrogens is 314 g/mol. The predicted octanol–water partition coefficient (Wildman–Crippen LogP) is 1.92. The molecular formula is C19H27N5O. The minimum absolute atomic E-state index is 0.0396. The molecule has 1 atom stereocenters. The lowest BCUT2D eigenvalue weighted by molar-refractivity contribution is -0.00800. The first-order chi connectivity index (χ1) is 12.2. The van der Waals surface area contributed by atoms with Crippen LogP contribution in [0.2, 0.25) is 0 Å². The summed E-state index contributed by atoms with van der Waals surface area (Å²) in [5.41, 5.74) is 3.76. The zero-order valence-corrected chi connectivity index (χ0v) is 15.3. The Kier molecular flexibility index (Phi) is 5.71. The largest absolute Gasteiger partial charge is 0.370 e. The molecule has 134 valence electrons. The number of aryl methyl sites for hydroxylation is 2. The van der Waals surface area contributed by atoms with E-state index < -0.39 is 0 Å². The number of aromatic nitrogens is 2. The standard InChI is InChI=1S/C19H27N5O/c1-15-5-4-6-16(11-15)7-8-21-19(20-2)24-9-10-25-18(14-24)17-12-22-23(3)13-17/h4-6,11-13,18H,7-10,14H2,1-3H3,(H,20,21). The molecule has 1 aliphatic heterocycles. The fourth-order valence-corrected chi connectivity index (χ4v) is 3.17. The van der Waals surface area contributed by atoms with Crippen molar-refractivity contribution in [1.29, 1.82) is 0 Å². The first-order valence-corrected chi connectivity index (χ1v) is 8.77. The third kappa shape index (κ3) is 4.60. The van der Waals surface area contributed by atoms with E-state index in [4.69, 9.17) is 4.74 Å². The monoisotopic (exact) mass is 341 g/mol. The van der Waals surface area contributed by atoms with Crippen LogP contribution in [0.3, 0.4) is 0 Å². The summed E-state index contributed by atoms with van der Waals surface area (Å²) in [7, 11) is 3.76. The normalized spacial score (nSPS) is 18.4. The Balaban J connectivity index is 1.55. The zero-order chi connectivity index (χ0) is 17.6. The number of morpholine rings is 1. The maximum absolute atomic E-state index is 5.91. The minimum Gasteiger partial charge on any atom is -0.370 e. The number of rotatable bonds is 4. The van der Waals surface area contributed by atoms with Crippen molar-refractivity contribution in [2.75, 3.05) is 33.3 Å². The van der Waals surface area contributed by atoms with Crippen molar-refractivity contribution in [2.45, 2.75) is 19.4 Å². The lowest BCUT2D eigenvalue weighted by Gasteiger charge is -2.34. The van der Waals surface area contributed by atoms with Gasteiger partial charge >= 0.3 is 0 Å². The number of aliphatic imine (C=N–C) groups is 1. The fourth-order valence-electron chi connectivity index (χ4n) is 3.17. The molecule has 1 saturated heterocycles. The van der Waals surface area contributed by atoms with Gasteiger partial charge in [0.15, 0.2) is 5.96 Å². The second-order valence-corrected chi connectivity index (χ2v) is 6.47. The SMILES string of the molecule is CN=C(NCCc1cccc(C)c1)N1CCOC(c2cnn(C)c2)C1. The van der Waals surface area contributed by atoms with E-state index in [0.29, 0.717) is 6.61 Å². The van der Waals surface area contributed by atoms with Crippen LogP contribution in [0, 0.1) is 6.92 Å². The molecule has 25 heavy (non-hydrogen) atoms. The van der Waals surface area contributed by atoms with Gasteiger partial charge in [-0.2, -0.15) is 5.10 Å². The van der Waals surface area contributed by atoms with E-state index in [9.17, 15) is 0 Å². The summed E-state index contributed by atoms with van der Waals surface area (Å²) < 4.78 is 7.72. The van der Waals surface area contributed by atoms with Gasteiger partial charge in [0, 0.05) is 38.9 Å². The number of hydrogen-bond acceptors (Lipinski definition) is 3. The van der Waals surface area contributed by atoms with Gasteiger partial charge in [0.05, 0.1) is 19.3 Å². The smallest absolute Gasteiger partial charge is 0.193 e. The van der Waals surface area contributed by atoms with Crippen LogP contribution in [0.5, 0.6) is 0 Å². The topological polar surface area (TPSA) is 54.7 Å². The van der Waals surface area contributed by atoms with Crippen LogP contribution in [-0.4, -0.2) is 53.9 Å². The van der Waals surface area contributed by atoms with E-state index in [1.54, 1.807) is 0 Å². The van der Waals surface area contributed by atoms with Gasteiger partial charge in [-0.15, -0.1) is 0 Å². The molecule has 0 bridgehead atoms. The summed E-state index contributed by atoms with van der Waals surface area (Å²) >= 11 is 0. The summed E-state index contributed by atoms with van der Waals surface area (Å²) in [4.78, 5) is 6.71. The van der Waals surface area contributed by atoms with E-state index in [2.05, 4.69) is 51.5 Å². The number of benzene rings is 1. The molecule has 2 heterocycles. The summed E-state index contributed by atoms with van der Waals surface area (Å²) in [5.74, 6) is 0.935. The molecule has 0 radical (unpaired) electrons. The number of guanidine groups is 1. The Morgan fingerprint density at radius 2 is 2.32 bits per heavy atom. The second-order valence-electron chi connectivity index (χ2n) is 6.47. The maximum atomic E-state index is 5.91. The molecule has 6 heteroatoms. The van der Waals surface area contributed by atoms with Crippen LogP contribution >= 0.6 is 0 Å². The molecule has 1 aromatic heterocycles. The molecule has 0 amide bonds. The van der Waals surface area contributed by atoms with E-state index >= 15 is 0 Å². The summed E-state index contributed by atoms with van der Waals surface area (Å²) in [6.45, 7) is 5.32. The average molecular weight is 341 g/mol. The van der Waals surface area contributed by atoms with Gasteiger partial charge in [0.25, 0.3) is 0 Å². The Labute approximate surface area is 149 Å². The molecule has 1 fully saturated rings. The lowest BCUT2D eigenvalue weighted by Crippen LogP contribution is -2.48. The minimum atomic E-state index is 0.0396. The molecule has 0 spiro atoms. The van der Waals surface area contributed by atoms with Gasteiger partial charge in [-0.3, -0.25) is 9.67 Å². The third-order valence-electron chi connectivity index (χ3n) is 4.45. The molecule has 1 N–H and O–H groups in total. The van der Waals surface area contributed by atoms with Crippen LogP contribution in [-0.2, 0) is 18.2 Å². The first kappa shape index (κ1) is 17.5. The van der Waals surface area contributed by atoms with Crippen molar-refractivity contribution < 1.29 is 4.74 Å². The van der Waals surface area contributed by atoms with Crippen LogP contribution in [0.1, 0.15) is 22.8 Å². The Morgan fingerprint density at radius 1 is 1.44 bits per heavy atom. The number of nitrogens with zero attached hydrogens (tertiary/aromatic N) is 4. The van der Waals surface area contributed by atoms with Crippen LogP contribution in [0.15, 0.2) is 41.7 Å². The van der Waals surface area contributed by atoms with E-state index in [1.807, 2.05) is 31.2 Å². The highest BCUT2D eigenvalue weighted by atomic mass is 16.5. The highest BCUT2D eigenvalue weighted by molar-refractivity contribution is 5.80. The second kappa shape index (κ2) is 8.16. The Morgan fingerprint density at radius 3 is 3.04 bits per heavy atom. The Hall–Kier alpha value is -2.34. The molecule has 1 aliphatic rings. The van der Waals surface area contributed by atoms with Crippen molar-refractivity contribution >= 4 is 5.96 Å². The lowest BCUT2D eigenvalue weighted by atomic mass is 10.1. The van der Waals surface area contributed by atoms with Gasteiger partial charge in [0.2, 0.25) is 0 Å².